The molecule has 1 aromatic rings. The van der Waals surface area contributed by atoms with Gasteiger partial charge in [0.1, 0.15) is 0 Å². The Hall–Kier alpha value is -1.11. The van der Waals surface area contributed by atoms with Crippen molar-refractivity contribution < 1.29 is 0 Å². The molecular formula is C21H36BrN5. The minimum atomic E-state index is 0.842. The van der Waals surface area contributed by atoms with Crippen molar-refractivity contribution in [1.82, 2.24) is 20.0 Å². The third kappa shape index (κ3) is 7.80. The van der Waals surface area contributed by atoms with Gasteiger partial charge in [0.15, 0.2) is 5.96 Å². The Morgan fingerprint density at radius 3 is 2.48 bits per heavy atom. The molecule has 0 aromatic heterocycles. The molecule has 1 aliphatic heterocycles. The van der Waals surface area contributed by atoms with Crippen LogP contribution < -0.4 is 5.32 Å². The van der Waals surface area contributed by atoms with Crippen molar-refractivity contribution in [2.75, 3.05) is 59.4 Å². The summed E-state index contributed by atoms with van der Waals surface area (Å²) >= 11 is 3.64. The SMILES string of the molecule is CCNC(=NCCCCN1CCN(CC)CC1)N(C)Cc1ccccc1Br. The monoisotopic (exact) mass is 437 g/mol. The molecule has 27 heavy (non-hydrogen) atoms. The Morgan fingerprint density at radius 1 is 1.11 bits per heavy atom. The van der Waals surface area contributed by atoms with Crippen molar-refractivity contribution in [1.29, 1.82) is 0 Å². The standard InChI is InChI=1S/C21H36BrN5/c1-4-23-21(25(3)18-19-10-6-7-11-20(19)22)24-12-8-9-13-27-16-14-26(5-2)15-17-27/h6-7,10-11H,4-5,8-9,12-18H2,1-3H3,(H,23,24). The van der Waals surface area contributed by atoms with Crippen LogP contribution in [0.5, 0.6) is 0 Å². The summed E-state index contributed by atoms with van der Waals surface area (Å²) in [7, 11) is 2.11. The molecule has 0 bridgehead atoms. The highest BCUT2D eigenvalue weighted by molar-refractivity contribution is 9.10. The van der Waals surface area contributed by atoms with E-state index < -0.39 is 0 Å². The van der Waals surface area contributed by atoms with E-state index in [0.717, 1.165) is 36.5 Å². The molecule has 5 nitrogen and oxygen atoms in total. The van der Waals surface area contributed by atoms with Crippen molar-refractivity contribution in [2.45, 2.75) is 33.2 Å². The van der Waals surface area contributed by atoms with Gasteiger partial charge in [-0.25, -0.2) is 0 Å². The number of guanidine groups is 1. The summed E-state index contributed by atoms with van der Waals surface area (Å²) in [6.07, 6.45) is 2.37. The zero-order valence-electron chi connectivity index (χ0n) is 17.3. The maximum atomic E-state index is 4.84. The van der Waals surface area contributed by atoms with Crippen LogP contribution in [0.15, 0.2) is 33.7 Å². The van der Waals surface area contributed by atoms with Crippen LogP contribution in [0.3, 0.4) is 0 Å². The van der Waals surface area contributed by atoms with Crippen LogP contribution in [0, 0.1) is 0 Å². The van der Waals surface area contributed by atoms with Crippen molar-refractivity contribution >= 4 is 21.9 Å². The highest BCUT2D eigenvalue weighted by atomic mass is 79.9. The average molecular weight is 438 g/mol. The molecule has 1 fully saturated rings. The molecular weight excluding hydrogens is 402 g/mol. The zero-order chi connectivity index (χ0) is 19.5. The topological polar surface area (TPSA) is 34.1 Å². The van der Waals surface area contributed by atoms with E-state index >= 15 is 0 Å². The maximum Gasteiger partial charge on any atom is 0.193 e. The number of likely N-dealkylation sites (N-methyl/N-ethyl adjacent to an activating group) is 1. The Labute approximate surface area is 173 Å². The molecule has 1 heterocycles. The molecule has 0 saturated carbocycles. The van der Waals surface area contributed by atoms with Crippen LogP contribution in [0.2, 0.25) is 0 Å². The number of aliphatic imine (C=N–C) groups is 1. The number of nitrogens with zero attached hydrogens (tertiary/aromatic N) is 4. The van der Waals surface area contributed by atoms with Crippen molar-refractivity contribution in [2.24, 2.45) is 4.99 Å². The lowest BCUT2D eigenvalue weighted by atomic mass is 10.2. The molecule has 1 aliphatic rings. The number of nitrogens with one attached hydrogen (secondary N) is 1. The van der Waals surface area contributed by atoms with Gasteiger partial charge in [0.25, 0.3) is 0 Å². The van der Waals surface area contributed by atoms with Gasteiger partial charge in [0.2, 0.25) is 0 Å². The van der Waals surface area contributed by atoms with Crippen LogP contribution in [0.4, 0.5) is 0 Å². The Balaban J connectivity index is 1.73. The molecule has 1 saturated heterocycles. The quantitative estimate of drug-likeness (QED) is 0.365. The lowest BCUT2D eigenvalue weighted by molar-refractivity contribution is 0.136. The van der Waals surface area contributed by atoms with E-state index in [1.54, 1.807) is 0 Å². The Morgan fingerprint density at radius 2 is 1.81 bits per heavy atom. The molecule has 1 aromatic carbocycles. The summed E-state index contributed by atoms with van der Waals surface area (Å²) in [4.78, 5) is 12.2. The first-order chi connectivity index (χ1) is 13.1. The van der Waals surface area contributed by atoms with E-state index in [9.17, 15) is 0 Å². The summed E-state index contributed by atoms with van der Waals surface area (Å²) in [5, 5.41) is 3.42. The first-order valence-electron chi connectivity index (χ1n) is 10.3. The number of piperazine rings is 1. The number of rotatable bonds is 9. The van der Waals surface area contributed by atoms with Gasteiger partial charge in [-0.15, -0.1) is 0 Å². The van der Waals surface area contributed by atoms with Gasteiger partial charge in [-0.1, -0.05) is 41.1 Å². The first-order valence-corrected chi connectivity index (χ1v) is 11.1. The molecule has 0 amide bonds. The summed E-state index contributed by atoms with van der Waals surface area (Å²) < 4.78 is 1.15. The fraction of sp³-hybridized carbons (Fsp3) is 0.667. The molecule has 2 rings (SSSR count). The third-order valence-corrected chi connectivity index (χ3v) is 5.89. The van der Waals surface area contributed by atoms with E-state index in [0.29, 0.717) is 0 Å². The van der Waals surface area contributed by atoms with Gasteiger partial charge in [-0.2, -0.15) is 0 Å². The van der Waals surface area contributed by atoms with E-state index in [1.165, 1.54) is 51.3 Å². The number of benzene rings is 1. The van der Waals surface area contributed by atoms with Crippen molar-refractivity contribution in [3.8, 4) is 0 Å². The van der Waals surface area contributed by atoms with Crippen LogP contribution in [-0.2, 0) is 6.54 Å². The van der Waals surface area contributed by atoms with Crippen molar-refractivity contribution in [3.63, 3.8) is 0 Å². The van der Waals surface area contributed by atoms with Crippen LogP contribution in [0.25, 0.3) is 0 Å². The lowest BCUT2D eigenvalue weighted by Crippen LogP contribution is -2.46. The van der Waals surface area contributed by atoms with E-state index in [2.05, 4.69) is 81.1 Å². The number of halogens is 1. The van der Waals surface area contributed by atoms with Gasteiger partial charge < -0.3 is 20.0 Å². The molecule has 0 spiro atoms. The maximum absolute atomic E-state index is 4.84. The third-order valence-electron chi connectivity index (χ3n) is 5.12. The van der Waals surface area contributed by atoms with Gasteiger partial charge in [0.05, 0.1) is 0 Å². The summed E-state index contributed by atoms with van der Waals surface area (Å²) in [6.45, 7) is 14.3. The van der Waals surface area contributed by atoms with E-state index in [4.69, 9.17) is 4.99 Å². The zero-order valence-corrected chi connectivity index (χ0v) is 18.8. The Kier molecular flexibility index (Phi) is 10.2. The average Bonchev–Trinajstić information content (AvgIpc) is 2.69. The van der Waals surface area contributed by atoms with Crippen LogP contribution in [0.1, 0.15) is 32.3 Å². The molecule has 0 aliphatic carbocycles. The predicted octanol–water partition coefficient (Wildman–Crippen LogP) is 3.26. The number of hydrogen-bond donors (Lipinski definition) is 1. The molecule has 1 N–H and O–H groups in total. The van der Waals surface area contributed by atoms with Gasteiger partial charge >= 0.3 is 0 Å². The fourth-order valence-electron chi connectivity index (χ4n) is 3.39. The second-order valence-corrected chi connectivity index (χ2v) is 8.02. The largest absolute Gasteiger partial charge is 0.357 e. The predicted molar refractivity (Wildman–Crippen MR) is 119 cm³/mol. The van der Waals surface area contributed by atoms with Gasteiger partial charge in [-0.3, -0.25) is 4.99 Å². The fourth-order valence-corrected chi connectivity index (χ4v) is 3.80. The normalized spacial score (nSPS) is 16.5. The highest BCUT2D eigenvalue weighted by Crippen LogP contribution is 2.17. The molecule has 6 heteroatoms. The minimum absolute atomic E-state index is 0.842. The van der Waals surface area contributed by atoms with E-state index in [-0.39, 0.29) is 0 Å². The lowest BCUT2D eigenvalue weighted by Gasteiger charge is -2.33. The molecule has 0 radical (unpaired) electrons. The van der Waals surface area contributed by atoms with Gasteiger partial charge in [-0.05, 0) is 44.5 Å². The first kappa shape index (κ1) is 22.2. The van der Waals surface area contributed by atoms with Crippen molar-refractivity contribution in [3.05, 3.63) is 34.3 Å². The Bertz CT molecular complexity index is 569. The van der Waals surface area contributed by atoms with Crippen LogP contribution >= 0.6 is 15.9 Å². The van der Waals surface area contributed by atoms with Gasteiger partial charge in [0, 0.05) is 57.3 Å². The summed E-state index contributed by atoms with van der Waals surface area (Å²) in [5.74, 6) is 0.991. The second-order valence-electron chi connectivity index (χ2n) is 7.17. The highest BCUT2D eigenvalue weighted by Gasteiger charge is 2.14. The van der Waals surface area contributed by atoms with E-state index in [1.807, 2.05) is 0 Å². The summed E-state index contributed by atoms with van der Waals surface area (Å²) in [6, 6.07) is 8.38. The smallest absolute Gasteiger partial charge is 0.193 e. The number of unbranched alkanes of at least 4 members (excludes halogenated alkanes) is 1. The minimum Gasteiger partial charge on any atom is -0.357 e. The molecule has 0 unspecified atom stereocenters. The number of hydrogen-bond acceptors (Lipinski definition) is 3. The molecule has 152 valence electrons. The molecule has 0 atom stereocenters. The summed E-state index contributed by atoms with van der Waals surface area (Å²) in [5.41, 5.74) is 1.27. The van der Waals surface area contributed by atoms with Crippen LogP contribution in [-0.4, -0.2) is 80.1 Å². The second kappa shape index (κ2) is 12.4.